The Hall–Kier alpha value is -0.360. The number of ether oxygens (including phenoxy) is 9. The molecule has 0 aliphatic carbocycles. The van der Waals surface area contributed by atoms with Crippen LogP contribution in [-0.4, -0.2) is 88.2 Å². The summed E-state index contributed by atoms with van der Waals surface area (Å²) in [6.07, 6.45) is 2.61. The lowest BCUT2D eigenvalue weighted by Crippen LogP contribution is -2.68. The van der Waals surface area contributed by atoms with Crippen LogP contribution in [0, 0.1) is 21.7 Å². The molecule has 0 aromatic carbocycles. The molecule has 0 spiro atoms. The highest BCUT2D eigenvalue weighted by Crippen LogP contribution is 2.54. The molecule has 4 heterocycles. The van der Waals surface area contributed by atoms with Crippen molar-refractivity contribution in [3.05, 3.63) is 0 Å². The van der Waals surface area contributed by atoms with E-state index in [1.165, 1.54) is 0 Å². The Morgan fingerprint density at radius 3 is 0.674 bits per heavy atom. The Balaban J connectivity index is 1.85. The van der Waals surface area contributed by atoms with E-state index < -0.39 is 44.8 Å². The van der Waals surface area contributed by atoms with Gasteiger partial charge in [-0.2, -0.15) is 0 Å². The Kier molecular flexibility index (Phi) is 10.2. The van der Waals surface area contributed by atoms with Crippen molar-refractivity contribution in [3.8, 4) is 0 Å². The zero-order chi connectivity index (χ0) is 32.0. The molecular formula is C34H62O9. The van der Waals surface area contributed by atoms with E-state index in [2.05, 4.69) is 27.7 Å². The van der Waals surface area contributed by atoms with Gasteiger partial charge in [-0.3, -0.25) is 0 Å². The molecular weight excluding hydrogens is 552 g/mol. The van der Waals surface area contributed by atoms with Gasteiger partial charge >= 0.3 is 0 Å². The summed E-state index contributed by atoms with van der Waals surface area (Å²) in [6, 6.07) is 0. The van der Waals surface area contributed by atoms with Gasteiger partial charge in [0.15, 0.2) is 23.1 Å². The van der Waals surface area contributed by atoms with Crippen molar-refractivity contribution in [2.24, 2.45) is 21.7 Å². The van der Waals surface area contributed by atoms with Gasteiger partial charge in [0.05, 0.1) is 65.1 Å². The maximum atomic E-state index is 7.82. The number of rotatable bonds is 10. The first-order valence-corrected chi connectivity index (χ1v) is 16.6. The lowest BCUT2D eigenvalue weighted by molar-refractivity contribution is -0.379. The van der Waals surface area contributed by atoms with Crippen molar-refractivity contribution in [1.82, 2.24) is 0 Å². The van der Waals surface area contributed by atoms with Crippen LogP contribution >= 0.6 is 0 Å². The molecule has 4 fully saturated rings. The van der Waals surface area contributed by atoms with Crippen LogP contribution < -0.4 is 0 Å². The van der Waals surface area contributed by atoms with Crippen molar-refractivity contribution in [2.45, 2.75) is 144 Å². The minimum atomic E-state index is -0.661. The maximum absolute atomic E-state index is 7.82. The van der Waals surface area contributed by atoms with Crippen LogP contribution in [0.25, 0.3) is 0 Å². The van der Waals surface area contributed by atoms with Crippen LogP contribution in [0.1, 0.15) is 109 Å². The van der Waals surface area contributed by atoms with E-state index in [4.69, 9.17) is 42.6 Å². The summed E-state index contributed by atoms with van der Waals surface area (Å²) in [5.74, 6) is -2.64. The zero-order valence-corrected chi connectivity index (χ0v) is 29.3. The summed E-state index contributed by atoms with van der Waals surface area (Å²) in [5.41, 5.74) is -1.75. The van der Waals surface area contributed by atoms with Gasteiger partial charge in [0.25, 0.3) is 0 Å². The molecule has 0 aromatic heterocycles. The van der Waals surface area contributed by atoms with Gasteiger partial charge in [0, 0.05) is 21.7 Å². The molecule has 4 aliphatic heterocycles. The Morgan fingerprint density at radius 2 is 0.535 bits per heavy atom. The molecule has 9 nitrogen and oxygen atoms in total. The van der Waals surface area contributed by atoms with Gasteiger partial charge in [-0.05, 0) is 81.1 Å². The molecule has 0 radical (unpaired) electrons. The first kappa shape index (κ1) is 35.5. The second-order valence-corrected chi connectivity index (χ2v) is 15.7. The summed E-state index contributed by atoms with van der Waals surface area (Å²) in [7, 11) is 0. The molecule has 0 bridgehead atoms. The normalized spacial score (nSPS) is 30.3. The Bertz CT molecular complexity index is 756. The van der Waals surface area contributed by atoms with E-state index in [1.54, 1.807) is 0 Å². The van der Waals surface area contributed by atoms with Gasteiger partial charge in [-0.25, -0.2) is 0 Å². The van der Waals surface area contributed by atoms with Crippen LogP contribution in [0.15, 0.2) is 0 Å². The predicted molar refractivity (Wildman–Crippen MR) is 163 cm³/mol. The summed E-state index contributed by atoms with van der Waals surface area (Å²) >= 11 is 0. The molecule has 0 unspecified atom stereocenters. The van der Waals surface area contributed by atoms with Gasteiger partial charge in [-0.1, -0.05) is 27.7 Å². The average molecular weight is 615 g/mol. The van der Waals surface area contributed by atoms with E-state index in [9.17, 15) is 0 Å². The van der Waals surface area contributed by atoms with Crippen LogP contribution in [-0.2, 0) is 42.6 Å². The second-order valence-electron chi connectivity index (χ2n) is 15.7. The standard InChI is InChI=1S/C34H62O9/c1-13-31(17-35-27(5,6)36-18-31)25(32(14-2)19-37-28(7,8)38-20-32)43-26(33(15-3)21-39-29(9,10)40-22-33)34(16-4)23-41-30(11,12)42-24-34/h25-26H,13-24H2,1-12H3. The van der Waals surface area contributed by atoms with Crippen LogP contribution in [0.5, 0.6) is 0 Å². The van der Waals surface area contributed by atoms with Crippen LogP contribution in [0.2, 0.25) is 0 Å². The quantitative estimate of drug-likeness (QED) is 0.275. The molecule has 4 saturated heterocycles. The number of hydrogen-bond acceptors (Lipinski definition) is 9. The van der Waals surface area contributed by atoms with Crippen molar-refractivity contribution in [3.63, 3.8) is 0 Å². The van der Waals surface area contributed by atoms with Crippen molar-refractivity contribution in [1.29, 1.82) is 0 Å². The highest BCUT2D eigenvalue weighted by atomic mass is 16.7. The van der Waals surface area contributed by atoms with E-state index in [0.717, 1.165) is 25.7 Å². The zero-order valence-electron chi connectivity index (χ0n) is 29.3. The van der Waals surface area contributed by atoms with Crippen molar-refractivity contribution >= 4 is 0 Å². The van der Waals surface area contributed by atoms with Gasteiger partial charge in [0.1, 0.15) is 0 Å². The monoisotopic (exact) mass is 614 g/mol. The van der Waals surface area contributed by atoms with Gasteiger partial charge in [-0.15, -0.1) is 0 Å². The van der Waals surface area contributed by atoms with Crippen LogP contribution in [0.4, 0.5) is 0 Å². The van der Waals surface area contributed by atoms with E-state index in [-0.39, 0.29) is 12.2 Å². The SMILES string of the molecule is CCC1(C(OC(C2(CC)COC(C)(C)OC2)C2(CC)COC(C)(C)OC2)C2(CC)COC(C)(C)OC2)COC(C)(C)OC1. The third-order valence-corrected chi connectivity index (χ3v) is 11.0. The lowest BCUT2D eigenvalue weighted by Gasteiger charge is -2.60. The fraction of sp³-hybridized carbons (Fsp3) is 1.00. The lowest BCUT2D eigenvalue weighted by atomic mass is 9.63. The Morgan fingerprint density at radius 1 is 0.372 bits per heavy atom. The molecule has 0 amide bonds. The van der Waals surface area contributed by atoms with Crippen molar-refractivity contribution in [2.75, 3.05) is 52.9 Å². The molecule has 0 aromatic rings. The highest BCUT2D eigenvalue weighted by Gasteiger charge is 2.62. The number of hydrogen-bond donors (Lipinski definition) is 0. The first-order valence-electron chi connectivity index (χ1n) is 16.6. The molecule has 0 N–H and O–H groups in total. The van der Waals surface area contributed by atoms with Gasteiger partial charge in [0.2, 0.25) is 0 Å². The first-order chi connectivity index (χ1) is 19.9. The third-order valence-electron chi connectivity index (χ3n) is 11.0. The molecule has 0 saturated carbocycles. The molecule has 4 rings (SSSR count). The van der Waals surface area contributed by atoms with E-state index in [0.29, 0.717) is 52.9 Å². The van der Waals surface area contributed by atoms with Crippen LogP contribution in [0.3, 0.4) is 0 Å². The van der Waals surface area contributed by atoms with Gasteiger partial charge < -0.3 is 42.6 Å². The molecule has 4 aliphatic rings. The summed E-state index contributed by atoms with van der Waals surface area (Å²) < 4.78 is 59.2. The van der Waals surface area contributed by atoms with E-state index in [1.807, 2.05) is 55.4 Å². The summed E-state index contributed by atoms with van der Waals surface area (Å²) in [6.45, 7) is 28.8. The molecule has 252 valence electrons. The minimum absolute atomic E-state index is 0.316. The Labute approximate surface area is 261 Å². The predicted octanol–water partition coefficient (Wildman–Crippen LogP) is 6.46. The van der Waals surface area contributed by atoms with E-state index >= 15 is 0 Å². The van der Waals surface area contributed by atoms with Crippen molar-refractivity contribution < 1.29 is 42.6 Å². The fourth-order valence-electron chi connectivity index (χ4n) is 7.05. The largest absolute Gasteiger partial charge is 0.372 e. The topological polar surface area (TPSA) is 83.1 Å². The smallest absolute Gasteiger partial charge is 0.162 e. The average Bonchev–Trinajstić information content (AvgIpc) is 2.96. The summed E-state index contributed by atoms with van der Waals surface area (Å²) in [5, 5.41) is 0. The minimum Gasteiger partial charge on any atom is -0.372 e. The fourth-order valence-corrected chi connectivity index (χ4v) is 7.05. The molecule has 9 heteroatoms. The highest BCUT2D eigenvalue weighted by molar-refractivity contribution is 5.07. The summed E-state index contributed by atoms with van der Waals surface area (Å²) in [4.78, 5) is 0. The molecule has 43 heavy (non-hydrogen) atoms. The molecule has 0 atom stereocenters. The second kappa shape index (κ2) is 12.3. The maximum Gasteiger partial charge on any atom is 0.162 e. The third kappa shape index (κ3) is 7.15.